The highest BCUT2D eigenvalue weighted by atomic mass is 32.3. The molecule has 4 aromatic rings. The molecular weight excluding hydrogens is 745 g/mol. The Morgan fingerprint density at radius 1 is 0.404 bits per heavy atom. The van der Waals surface area contributed by atoms with Gasteiger partial charge in [-0.25, -0.2) is 33.7 Å². The number of aliphatic hydroxyl groups is 2. The molecule has 0 aliphatic carbocycles. The summed E-state index contributed by atoms with van der Waals surface area (Å²) in [5.41, 5.74) is 0. The van der Waals surface area contributed by atoms with Crippen LogP contribution >= 0.6 is 0 Å². The Balaban J connectivity index is 0.000000280. The van der Waals surface area contributed by atoms with E-state index in [1.54, 1.807) is 72.8 Å². The van der Waals surface area contributed by atoms with Crippen LogP contribution in [0.15, 0.2) is 141 Å². The Kier molecular flexibility index (Phi) is 16.2. The lowest BCUT2D eigenvalue weighted by Crippen LogP contribution is -2.33. The summed E-state index contributed by atoms with van der Waals surface area (Å²) in [4.78, 5) is -0.120. The van der Waals surface area contributed by atoms with Crippen molar-refractivity contribution in [1.29, 1.82) is 0 Å². The molecule has 14 heteroatoms. The number of rotatable bonds is 18. The fourth-order valence-corrected chi connectivity index (χ4v) is 15.3. The molecule has 0 saturated heterocycles. The van der Waals surface area contributed by atoms with Crippen molar-refractivity contribution >= 4 is 39.3 Å². The van der Waals surface area contributed by atoms with E-state index in [2.05, 4.69) is 0 Å². The standard InChI is InChI=1S/2C19H24O5S2/c2*1-2-9-16(15-20)14-19(25(21,22)17-10-5-3-6-11-17)26(23,24)18-12-7-4-8-13-18/h2*3-8,10-13,16,19-20H,2,9,14-15H2,1H3/t2*16-/m00/s1. The van der Waals surface area contributed by atoms with Gasteiger partial charge in [0, 0.05) is 13.2 Å². The van der Waals surface area contributed by atoms with Gasteiger partial charge in [-0.05, 0) is 86.1 Å². The third kappa shape index (κ3) is 10.8. The topological polar surface area (TPSA) is 177 Å². The molecule has 0 unspecified atom stereocenters. The van der Waals surface area contributed by atoms with Gasteiger partial charge in [0.2, 0.25) is 0 Å². The van der Waals surface area contributed by atoms with E-state index >= 15 is 0 Å². The molecule has 0 amide bonds. The van der Waals surface area contributed by atoms with Crippen molar-refractivity contribution in [3.63, 3.8) is 0 Å². The first-order valence-electron chi connectivity index (χ1n) is 17.0. The minimum absolute atomic E-state index is 0.0299. The molecule has 52 heavy (non-hydrogen) atoms. The van der Waals surface area contributed by atoms with Gasteiger partial charge >= 0.3 is 0 Å². The molecule has 0 spiro atoms. The van der Waals surface area contributed by atoms with Gasteiger partial charge in [0.05, 0.1) is 19.6 Å². The summed E-state index contributed by atoms with van der Waals surface area (Å²) in [7, 11) is -16.5. The highest BCUT2D eigenvalue weighted by Crippen LogP contribution is 2.33. The van der Waals surface area contributed by atoms with E-state index in [1.807, 2.05) is 13.8 Å². The summed E-state index contributed by atoms with van der Waals surface area (Å²) >= 11 is 0. The van der Waals surface area contributed by atoms with Gasteiger partial charge in [-0.3, -0.25) is 0 Å². The van der Waals surface area contributed by atoms with Crippen LogP contribution in [0.1, 0.15) is 52.4 Å². The van der Waals surface area contributed by atoms with E-state index in [0.29, 0.717) is 12.8 Å². The van der Waals surface area contributed by atoms with Crippen LogP contribution in [0.5, 0.6) is 0 Å². The SMILES string of the molecule is CCC[C@H](CO)CC(S(=O)(=O)c1ccccc1)S(=O)(=O)c1ccccc1.CCC[C@H](CO)CC(S(=O)(=O)c1ccccc1)S(=O)(=O)c1ccccc1. The van der Waals surface area contributed by atoms with E-state index in [0.717, 1.165) is 12.8 Å². The van der Waals surface area contributed by atoms with Gasteiger partial charge in [-0.2, -0.15) is 0 Å². The van der Waals surface area contributed by atoms with Crippen LogP contribution in [-0.2, 0) is 39.3 Å². The van der Waals surface area contributed by atoms with Crippen LogP contribution in [0.3, 0.4) is 0 Å². The zero-order valence-electron chi connectivity index (χ0n) is 29.3. The maximum atomic E-state index is 13.1. The highest BCUT2D eigenvalue weighted by molar-refractivity contribution is 8.09. The maximum absolute atomic E-state index is 13.1. The third-order valence-corrected chi connectivity index (χ3v) is 18.9. The second-order valence-electron chi connectivity index (χ2n) is 12.4. The Bertz CT molecular complexity index is 1800. The quantitative estimate of drug-likeness (QED) is 0.119. The fourth-order valence-electron chi connectivity index (χ4n) is 5.82. The van der Waals surface area contributed by atoms with Crippen molar-refractivity contribution in [2.45, 2.75) is 81.1 Å². The molecule has 0 heterocycles. The minimum atomic E-state index is -4.13. The van der Waals surface area contributed by atoms with Crippen molar-refractivity contribution < 1.29 is 43.9 Å². The van der Waals surface area contributed by atoms with E-state index < -0.39 is 60.3 Å². The average Bonchev–Trinajstić information content (AvgIpc) is 3.16. The van der Waals surface area contributed by atoms with Gasteiger partial charge in [0.15, 0.2) is 48.5 Å². The molecule has 0 saturated carbocycles. The molecule has 0 fully saturated rings. The second kappa shape index (κ2) is 19.6. The smallest absolute Gasteiger partial charge is 0.195 e. The highest BCUT2D eigenvalue weighted by Gasteiger charge is 2.42. The predicted octanol–water partition coefficient (Wildman–Crippen LogP) is 6.12. The number of hydrogen-bond donors (Lipinski definition) is 2. The monoisotopic (exact) mass is 792 g/mol. The van der Waals surface area contributed by atoms with Gasteiger partial charge in [-0.15, -0.1) is 0 Å². The largest absolute Gasteiger partial charge is 0.396 e. The van der Waals surface area contributed by atoms with Crippen LogP contribution in [0, 0.1) is 11.8 Å². The lowest BCUT2D eigenvalue weighted by molar-refractivity contribution is 0.212. The zero-order chi connectivity index (χ0) is 38.4. The Morgan fingerprint density at radius 2 is 0.615 bits per heavy atom. The molecule has 4 rings (SSSR count). The van der Waals surface area contributed by atoms with E-state index in [4.69, 9.17) is 0 Å². The molecule has 0 aliphatic rings. The van der Waals surface area contributed by atoms with Crippen molar-refractivity contribution in [2.24, 2.45) is 11.8 Å². The molecule has 4 aromatic carbocycles. The van der Waals surface area contributed by atoms with Gasteiger partial charge in [0.25, 0.3) is 0 Å². The Morgan fingerprint density at radius 3 is 0.788 bits per heavy atom. The molecular formula is C38H48O10S4. The van der Waals surface area contributed by atoms with Crippen LogP contribution in [0.4, 0.5) is 0 Å². The average molecular weight is 793 g/mol. The summed E-state index contributed by atoms with van der Waals surface area (Å²) in [6.45, 7) is 3.32. The molecule has 0 aromatic heterocycles. The molecule has 2 N–H and O–H groups in total. The summed E-state index contributed by atoms with van der Waals surface area (Å²) in [5, 5.41) is 19.2. The molecule has 0 radical (unpaired) electrons. The van der Waals surface area contributed by atoms with Crippen LogP contribution in [0.25, 0.3) is 0 Å². The first kappa shape index (κ1) is 43.0. The van der Waals surface area contributed by atoms with Gasteiger partial charge in [-0.1, -0.05) is 99.5 Å². The summed E-state index contributed by atoms with van der Waals surface area (Å²) in [6.07, 6.45) is 2.30. The first-order valence-corrected chi connectivity index (χ1v) is 23.2. The summed E-state index contributed by atoms with van der Waals surface area (Å²) < 4.78 is 102. The van der Waals surface area contributed by atoms with Crippen molar-refractivity contribution in [3.8, 4) is 0 Å². The number of sulfone groups is 4. The molecule has 2 atom stereocenters. The molecule has 10 nitrogen and oxygen atoms in total. The summed E-state index contributed by atoms with van der Waals surface area (Å²) in [6, 6.07) is 30.4. The number of hydrogen-bond acceptors (Lipinski definition) is 10. The normalized spacial score (nSPS) is 13.7. The maximum Gasteiger partial charge on any atom is 0.195 e. The van der Waals surface area contributed by atoms with Crippen LogP contribution < -0.4 is 0 Å². The van der Waals surface area contributed by atoms with E-state index in [1.165, 1.54) is 48.5 Å². The Labute approximate surface area is 309 Å². The number of benzene rings is 4. The fraction of sp³-hybridized carbons (Fsp3) is 0.368. The lowest BCUT2D eigenvalue weighted by Gasteiger charge is -2.22. The van der Waals surface area contributed by atoms with Crippen molar-refractivity contribution in [1.82, 2.24) is 0 Å². The first-order chi connectivity index (χ1) is 24.7. The van der Waals surface area contributed by atoms with Gasteiger partial charge in [0.1, 0.15) is 0 Å². The van der Waals surface area contributed by atoms with Crippen molar-refractivity contribution in [3.05, 3.63) is 121 Å². The summed E-state index contributed by atoms with van der Waals surface area (Å²) in [5.74, 6) is -0.802. The van der Waals surface area contributed by atoms with E-state index in [-0.39, 0.29) is 45.6 Å². The third-order valence-electron chi connectivity index (χ3n) is 8.63. The Hall–Kier alpha value is -3.40. The lowest BCUT2D eigenvalue weighted by atomic mass is 10.0. The molecule has 0 aliphatic heterocycles. The predicted molar refractivity (Wildman–Crippen MR) is 202 cm³/mol. The van der Waals surface area contributed by atoms with Crippen molar-refractivity contribution in [2.75, 3.05) is 13.2 Å². The van der Waals surface area contributed by atoms with Gasteiger partial charge < -0.3 is 10.2 Å². The zero-order valence-corrected chi connectivity index (χ0v) is 32.6. The second-order valence-corrected chi connectivity index (χ2v) is 21.6. The van der Waals surface area contributed by atoms with E-state index in [9.17, 15) is 43.9 Å². The van der Waals surface area contributed by atoms with Crippen LogP contribution in [0.2, 0.25) is 0 Å². The number of aliphatic hydroxyl groups excluding tert-OH is 2. The minimum Gasteiger partial charge on any atom is -0.396 e. The molecule has 284 valence electrons. The van der Waals surface area contributed by atoms with Crippen LogP contribution in [-0.4, -0.2) is 66.3 Å². The molecule has 0 bridgehead atoms.